The van der Waals surface area contributed by atoms with Gasteiger partial charge in [-0.1, -0.05) is 19.1 Å². The summed E-state index contributed by atoms with van der Waals surface area (Å²) in [6.45, 7) is 5.20. The van der Waals surface area contributed by atoms with Gasteiger partial charge in [0, 0.05) is 30.6 Å². The summed E-state index contributed by atoms with van der Waals surface area (Å²) in [5.74, 6) is 0.690. The fourth-order valence-corrected chi connectivity index (χ4v) is 2.43. The normalized spacial score (nSPS) is 11.3. The lowest BCUT2D eigenvalue weighted by Gasteiger charge is -2.20. The molecule has 0 fully saturated rings. The summed E-state index contributed by atoms with van der Waals surface area (Å²) < 4.78 is 0. The standard InChI is InChI=1S/C15H19ClN2/c1-2-9-18(10-7-16)12-13-5-6-15-14(11-13)4-3-8-17-15/h3-6,8,11H,2,7,9-10,12H2,1H3. The average Bonchev–Trinajstić information content (AvgIpc) is 2.39. The van der Waals surface area contributed by atoms with Crippen LogP contribution in [0.25, 0.3) is 10.9 Å². The molecule has 0 atom stereocenters. The molecule has 2 nitrogen and oxygen atoms in total. The maximum Gasteiger partial charge on any atom is 0.0702 e. The fourth-order valence-electron chi connectivity index (χ4n) is 2.19. The van der Waals surface area contributed by atoms with Crippen LogP contribution in [-0.4, -0.2) is 28.9 Å². The number of alkyl halides is 1. The maximum atomic E-state index is 5.84. The average molecular weight is 263 g/mol. The lowest BCUT2D eigenvalue weighted by molar-refractivity contribution is 0.282. The van der Waals surface area contributed by atoms with Crippen molar-refractivity contribution < 1.29 is 0 Å². The number of pyridine rings is 1. The van der Waals surface area contributed by atoms with E-state index in [2.05, 4.69) is 41.1 Å². The minimum Gasteiger partial charge on any atom is -0.298 e. The highest BCUT2D eigenvalue weighted by Gasteiger charge is 2.05. The Balaban J connectivity index is 2.14. The van der Waals surface area contributed by atoms with Crippen molar-refractivity contribution in [3.05, 3.63) is 42.1 Å². The molecule has 0 aliphatic carbocycles. The highest BCUT2D eigenvalue weighted by molar-refractivity contribution is 6.18. The Labute approximate surface area is 114 Å². The molecule has 0 aliphatic heterocycles. The lowest BCUT2D eigenvalue weighted by atomic mass is 10.1. The van der Waals surface area contributed by atoms with Gasteiger partial charge in [0.1, 0.15) is 0 Å². The number of nitrogens with zero attached hydrogens (tertiary/aromatic N) is 2. The van der Waals surface area contributed by atoms with Crippen molar-refractivity contribution in [1.82, 2.24) is 9.88 Å². The van der Waals surface area contributed by atoms with Crippen LogP contribution in [0.4, 0.5) is 0 Å². The van der Waals surface area contributed by atoms with E-state index in [4.69, 9.17) is 11.6 Å². The van der Waals surface area contributed by atoms with Crippen LogP contribution in [0, 0.1) is 0 Å². The monoisotopic (exact) mass is 262 g/mol. The van der Waals surface area contributed by atoms with E-state index in [1.54, 1.807) is 0 Å². The molecule has 0 saturated carbocycles. The number of hydrogen-bond donors (Lipinski definition) is 0. The van der Waals surface area contributed by atoms with E-state index in [-0.39, 0.29) is 0 Å². The van der Waals surface area contributed by atoms with Gasteiger partial charge in [-0.15, -0.1) is 11.6 Å². The Morgan fingerprint density at radius 1 is 1.22 bits per heavy atom. The zero-order valence-corrected chi connectivity index (χ0v) is 11.5. The van der Waals surface area contributed by atoms with Crippen LogP contribution in [0.2, 0.25) is 0 Å². The van der Waals surface area contributed by atoms with Crippen molar-refractivity contribution in [1.29, 1.82) is 0 Å². The van der Waals surface area contributed by atoms with Gasteiger partial charge in [0.05, 0.1) is 5.52 Å². The van der Waals surface area contributed by atoms with Gasteiger partial charge in [-0.3, -0.25) is 9.88 Å². The van der Waals surface area contributed by atoms with E-state index in [0.717, 1.165) is 31.6 Å². The van der Waals surface area contributed by atoms with E-state index in [0.29, 0.717) is 5.88 Å². The Morgan fingerprint density at radius 2 is 2.11 bits per heavy atom. The second-order valence-corrected chi connectivity index (χ2v) is 4.87. The summed E-state index contributed by atoms with van der Waals surface area (Å²) in [4.78, 5) is 6.73. The summed E-state index contributed by atoms with van der Waals surface area (Å²) in [7, 11) is 0. The molecule has 0 saturated heterocycles. The van der Waals surface area contributed by atoms with Crippen molar-refractivity contribution in [2.24, 2.45) is 0 Å². The molecule has 18 heavy (non-hydrogen) atoms. The first-order chi connectivity index (χ1) is 8.83. The molecule has 1 aromatic heterocycles. The van der Waals surface area contributed by atoms with Crippen LogP contribution in [-0.2, 0) is 6.54 Å². The Hall–Kier alpha value is -1.12. The number of fused-ring (bicyclic) bond motifs is 1. The molecular formula is C15H19ClN2. The summed E-state index contributed by atoms with van der Waals surface area (Å²) in [6, 6.07) is 10.6. The molecule has 0 spiro atoms. The fraction of sp³-hybridized carbons (Fsp3) is 0.400. The van der Waals surface area contributed by atoms with Crippen LogP contribution in [0.5, 0.6) is 0 Å². The lowest BCUT2D eigenvalue weighted by Crippen LogP contribution is -2.26. The summed E-state index contributed by atoms with van der Waals surface area (Å²) in [5, 5.41) is 1.21. The third-order valence-electron chi connectivity index (χ3n) is 3.01. The van der Waals surface area contributed by atoms with Gasteiger partial charge in [-0.25, -0.2) is 0 Å². The highest BCUT2D eigenvalue weighted by Crippen LogP contribution is 2.15. The first-order valence-electron chi connectivity index (χ1n) is 6.45. The molecule has 2 aromatic rings. The smallest absolute Gasteiger partial charge is 0.0702 e. The molecular weight excluding hydrogens is 244 g/mol. The van der Waals surface area contributed by atoms with Crippen LogP contribution in [0.1, 0.15) is 18.9 Å². The quantitative estimate of drug-likeness (QED) is 0.738. The van der Waals surface area contributed by atoms with E-state index in [1.165, 1.54) is 10.9 Å². The number of aromatic nitrogens is 1. The van der Waals surface area contributed by atoms with Crippen molar-refractivity contribution in [3.8, 4) is 0 Å². The van der Waals surface area contributed by atoms with Crippen LogP contribution in [0.3, 0.4) is 0 Å². The van der Waals surface area contributed by atoms with E-state index >= 15 is 0 Å². The van der Waals surface area contributed by atoms with Gasteiger partial charge in [-0.2, -0.15) is 0 Å². The summed E-state index contributed by atoms with van der Waals surface area (Å²) in [6.07, 6.45) is 2.99. The minimum atomic E-state index is 0.690. The predicted octanol–water partition coefficient (Wildman–Crippen LogP) is 3.69. The largest absolute Gasteiger partial charge is 0.298 e. The summed E-state index contributed by atoms with van der Waals surface area (Å²) in [5.41, 5.74) is 2.38. The molecule has 1 aromatic carbocycles. The van der Waals surface area contributed by atoms with Gasteiger partial charge in [-0.05, 0) is 36.7 Å². The van der Waals surface area contributed by atoms with Crippen LogP contribution >= 0.6 is 11.6 Å². The van der Waals surface area contributed by atoms with Gasteiger partial charge in [0.15, 0.2) is 0 Å². The first kappa shape index (κ1) is 13.3. The Morgan fingerprint density at radius 3 is 2.89 bits per heavy atom. The first-order valence-corrected chi connectivity index (χ1v) is 6.99. The predicted molar refractivity (Wildman–Crippen MR) is 78.0 cm³/mol. The maximum absolute atomic E-state index is 5.84. The molecule has 0 unspecified atom stereocenters. The molecule has 0 radical (unpaired) electrons. The van der Waals surface area contributed by atoms with Crippen molar-refractivity contribution in [3.63, 3.8) is 0 Å². The minimum absolute atomic E-state index is 0.690. The second-order valence-electron chi connectivity index (χ2n) is 4.50. The molecule has 1 heterocycles. The van der Waals surface area contributed by atoms with E-state index in [1.807, 2.05) is 12.3 Å². The SMILES string of the molecule is CCCN(CCCl)Cc1ccc2ncccc2c1. The van der Waals surface area contributed by atoms with Crippen LogP contribution in [0.15, 0.2) is 36.5 Å². The molecule has 2 rings (SSSR count). The highest BCUT2D eigenvalue weighted by atomic mass is 35.5. The third kappa shape index (κ3) is 3.44. The molecule has 3 heteroatoms. The number of halogens is 1. The number of benzene rings is 1. The number of rotatable bonds is 6. The molecule has 0 amide bonds. The van der Waals surface area contributed by atoms with Gasteiger partial charge < -0.3 is 0 Å². The van der Waals surface area contributed by atoms with Crippen molar-refractivity contribution in [2.75, 3.05) is 19.0 Å². The van der Waals surface area contributed by atoms with Crippen molar-refractivity contribution >= 4 is 22.5 Å². The topological polar surface area (TPSA) is 16.1 Å². The molecule has 0 N–H and O–H groups in total. The third-order valence-corrected chi connectivity index (χ3v) is 3.18. The number of hydrogen-bond acceptors (Lipinski definition) is 2. The van der Waals surface area contributed by atoms with Gasteiger partial charge in [0.25, 0.3) is 0 Å². The Kier molecular flexibility index (Phi) is 4.97. The van der Waals surface area contributed by atoms with Gasteiger partial charge >= 0.3 is 0 Å². The summed E-state index contributed by atoms with van der Waals surface area (Å²) >= 11 is 5.84. The second kappa shape index (κ2) is 6.72. The van der Waals surface area contributed by atoms with Gasteiger partial charge in [0.2, 0.25) is 0 Å². The molecule has 0 bridgehead atoms. The zero-order chi connectivity index (χ0) is 12.8. The zero-order valence-electron chi connectivity index (χ0n) is 10.8. The Bertz CT molecular complexity index is 493. The van der Waals surface area contributed by atoms with Crippen LogP contribution < -0.4 is 0 Å². The molecule has 96 valence electrons. The van der Waals surface area contributed by atoms with Crippen molar-refractivity contribution in [2.45, 2.75) is 19.9 Å². The molecule has 0 aliphatic rings. The van der Waals surface area contributed by atoms with E-state index in [9.17, 15) is 0 Å². The van der Waals surface area contributed by atoms with E-state index < -0.39 is 0 Å².